The number of benzene rings is 1. The van der Waals surface area contributed by atoms with Crippen LogP contribution in [0, 0.1) is 0 Å². The molecule has 1 aromatic rings. The molecule has 0 spiro atoms. The highest BCUT2D eigenvalue weighted by Crippen LogP contribution is 2.28. The van der Waals surface area contributed by atoms with Crippen molar-refractivity contribution in [1.29, 1.82) is 0 Å². The normalized spacial score (nSPS) is 16.2. The second kappa shape index (κ2) is 5.61. The van der Waals surface area contributed by atoms with Crippen LogP contribution in [0.4, 0.5) is 11.4 Å². The van der Waals surface area contributed by atoms with Gasteiger partial charge in [-0.3, -0.25) is 4.79 Å². The molecule has 19 heavy (non-hydrogen) atoms. The molecular weight excluding hydrogens is 264 g/mol. The summed E-state index contributed by atoms with van der Waals surface area (Å²) in [6.45, 7) is 1.94. The fourth-order valence-corrected chi connectivity index (χ4v) is 3.20. The summed E-state index contributed by atoms with van der Waals surface area (Å²) in [5.74, 6) is 0. The Balaban J connectivity index is 2.38. The number of amides is 1. The Morgan fingerprint density at radius 1 is 1.21 bits per heavy atom. The van der Waals surface area contributed by atoms with Crippen LogP contribution in [0.15, 0.2) is 23.1 Å². The number of piperidine rings is 1. The van der Waals surface area contributed by atoms with Gasteiger partial charge in [-0.25, -0.2) is 8.42 Å². The summed E-state index contributed by atoms with van der Waals surface area (Å²) in [6, 6.07) is 5.10. The molecule has 0 bridgehead atoms. The van der Waals surface area contributed by atoms with E-state index in [1.54, 1.807) is 18.2 Å². The van der Waals surface area contributed by atoms with Gasteiger partial charge in [-0.15, -0.1) is 0 Å². The van der Waals surface area contributed by atoms with E-state index in [9.17, 15) is 13.2 Å². The van der Waals surface area contributed by atoms with E-state index in [4.69, 9.17) is 0 Å². The number of hydrogen-bond donors (Lipinski definition) is 1. The van der Waals surface area contributed by atoms with Gasteiger partial charge in [-0.2, -0.15) is 0 Å². The fourth-order valence-electron chi connectivity index (χ4n) is 2.37. The molecule has 1 aliphatic heterocycles. The minimum atomic E-state index is -3.34. The molecular formula is C13H18N2O3S. The molecule has 0 aromatic heterocycles. The maximum Gasteiger partial charge on any atom is 0.211 e. The third kappa shape index (κ3) is 3.26. The van der Waals surface area contributed by atoms with Gasteiger partial charge in [0.05, 0.1) is 10.6 Å². The van der Waals surface area contributed by atoms with Crippen molar-refractivity contribution in [2.45, 2.75) is 24.2 Å². The lowest BCUT2D eigenvalue weighted by molar-refractivity contribution is -0.105. The van der Waals surface area contributed by atoms with Gasteiger partial charge in [-0.1, -0.05) is 0 Å². The molecule has 0 saturated carbocycles. The average Bonchev–Trinajstić information content (AvgIpc) is 2.39. The first-order chi connectivity index (χ1) is 9.02. The van der Waals surface area contributed by atoms with Crippen LogP contribution < -0.4 is 10.2 Å². The first-order valence-corrected chi connectivity index (χ1v) is 8.21. The monoisotopic (exact) mass is 282 g/mol. The Kier molecular flexibility index (Phi) is 4.09. The van der Waals surface area contributed by atoms with Crippen molar-refractivity contribution in [3.8, 4) is 0 Å². The lowest BCUT2D eigenvalue weighted by Gasteiger charge is -2.29. The van der Waals surface area contributed by atoms with Crippen molar-refractivity contribution in [1.82, 2.24) is 0 Å². The topological polar surface area (TPSA) is 66.5 Å². The Morgan fingerprint density at radius 2 is 1.89 bits per heavy atom. The van der Waals surface area contributed by atoms with E-state index in [1.807, 2.05) is 0 Å². The van der Waals surface area contributed by atoms with E-state index in [1.165, 1.54) is 6.42 Å². The number of nitrogens with one attached hydrogen (secondary N) is 1. The second-order valence-electron chi connectivity index (χ2n) is 4.76. The van der Waals surface area contributed by atoms with Crippen molar-refractivity contribution in [2.75, 3.05) is 29.6 Å². The van der Waals surface area contributed by atoms with Gasteiger partial charge in [0, 0.05) is 25.0 Å². The molecule has 104 valence electrons. The van der Waals surface area contributed by atoms with Crippen LogP contribution >= 0.6 is 0 Å². The highest BCUT2D eigenvalue weighted by molar-refractivity contribution is 7.90. The van der Waals surface area contributed by atoms with Crippen LogP contribution in [0.2, 0.25) is 0 Å². The summed E-state index contributed by atoms with van der Waals surface area (Å²) >= 11 is 0. The van der Waals surface area contributed by atoms with Gasteiger partial charge >= 0.3 is 0 Å². The molecule has 0 radical (unpaired) electrons. The van der Waals surface area contributed by atoms with Crippen molar-refractivity contribution >= 4 is 27.6 Å². The van der Waals surface area contributed by atoms with Crippen LogP contribution in [0.5, 0.6) is 0 Å². The van der Waals surface area contributed by atoms with E-state index in [0.717, 1.165) is 37.9 Å². The smallest absolute Gasteiger partial charge is 0.211 e. The second-order valence-corrected chi connectivity index (χ2v) is 6.75. The zero-order chi connectivity index (χ0) is 13.9. The minimum Gasteiger partial charge on any atom is -0.371 e. The third-order valence-electron chi connectivity index (χ3n) is 3.30. The number of carbonyl (C=O) groups is 1. The maximum atomic E-state index is 11.6. The molecule has 1 saturated heterocycles. The molecule has 1 heterocycles. The van der Waals surface area contributed by atoms with Crippen molar-refractivity contribution < 1.29 is 13.2 Å². The van der Waals surface area contributed by atoms with Crippen molar-refractivity contribution in [3.05, 3.63) is 18.2 Å². The molecule has 1 aromatic carbocycles. The Hall–Kier alpha value is -1.56. The van der Waals surface area contributed by atoms with Gasteiger partial charge < -0.3 is 10.2 Å². The molecule has 5 nitrogen and oxygen atoms in total. The summed E-state index contributed by atoms with van der Waals surface area (Å²) in [6.07, 6.45) is 5.16. The van der Waals surface area contributed by atoms with Crippen LogP contribution in [-0.4, -0.2) is 34.2 Å². The van der Waals surface area contributed by atoms with Gasteiger partial charge in [0.1, 0.15) is 0 Å². The molecule has 6 heteroatoms. The first kappa shape index (κ1) is 13.9. The largest absolute Gasteiger partial charge is 0.371 e. The number of carbonyl (C=O) groups excluding carboxylic acids is 1. The Morgan fingerprint density at radius 3 is 2.47 bits per heavy atom. The zero-order valence-corrected chi connectivity index (χ0v) is 11.7. The lowest BCUT2D eigenvalue weighted by Crippen LogP contribution is -2.29. The van der Waals surface area contributed by atoms with Gasteiger partial charge in [0.2, 0.25) is 6.41 Å². The molecule has 1 fully saturated rings. The molecule has 0 unspecified atom stereocenters. The molecule has 1 aliphatic rings. The molecule has 1 amide bonds. The average molecular weight is 282 g/mol. The number of anilines is 2. The van der Waals surface area contributed by atoms with Crippen LogP contribution in [-0.2, 0) is 14.6 Å². The fraction of sp³-hybridized carbons (Fsp3) is 0.462. The molecule has 0 atom stereocenters. The number of hydrogen-bond acceptors (Lipinski definition) is 4. The van der Waals surface area contributed by atoms with E-state index in [0.29, 0.717) is 12.1 Å². The van der Waals surface area contributed by atoms with Crippen LogP contribution in [0.1, 0.15) is 19.3 Å². The summed E-state index contributed by atoms with van der Waals surface area (Å²) < 4.78 is 23.3. The zero-order valence-electron chi connectivity index (χ0n) is 10.9. The number of nitrogens with zero attached hydrogens (tertiary/aromatic N) is 1. The quantitative estimate of drug-likeness (QED) is 0.853. The summed E-state index contributed by atoms with van der Waals surface area (Å²) in [5.41, 5.74) is 1.30. The van der Waals surface area contributed by atoms with E-state index in [-0.39, 0.29) is 4.90 Å². The van der Waals surface area contributed by atoms with Crippen LogP contribution in [0.25, 0.3) is 0 Å². The SMILES string of the molecule is CS(=O)(=O)c1ccc(N2CCCCC2)cc1NC=O. The predicted molar refractivity (Wildman–Crippen MR) is 75.3 cm³/mol. The minimum absolute atomic E-state index is 0.153. The molecule has 0 aliphatic carbocycles. The standard InChI is InChI=1S/C13H18N2O3S/c1-19(17,18)13-6-5-11(9-12(13)14-10-16)15-7-3-2-4-8-15/h5-6,9-10H,2-4,7-8H2,1H3,(H,14,16). The predicted octanol–water partition coefficient (Wildman–Crippen LogP) is 1.65. The molecule has 1 N–H and O–H groups in total. The number of sulfone groups is 1. The Labute approximate surface area is 113 Å². The molecule has 2 rings (SSSR count). The summed E-state index contributed by atoms with van der Waals surface area (Å²) in [4.78, 5) is 13.0. The summed E-state index contributed by atoms with van der Waals surface area (Å²) in [7, 11) is -3.34. The number of rotatable bonds is 4. The Bertz CT molecular complexity index is 563. The van der Waals surface area contributed by atoms with Crippen molar-refractivity contribution in [3.63, 3.8) is 0 Å². The third-order valence-corrected chi connectivity index (χ3v) is 4.45. The van der Waals surface area contributed by atoms with Gasteiger partial charge in [0.15, 0.2) is 9.84 Å². The van der Waals surface area contributed by atoms with Crippen LogP contribution in [0.3, 0.4) is 0 Å². The highest BCUT2D eigenvalue weighted by atomic mass is 32.2. The van der Waals surface area contributed by atoms with Gasteiger partial charge in [-0.05, 0) is 37.5 Å². The van der Waals surface area contributed by atoms with E-state index >= 15 is 0 Å². The van der Waals surface area contributed by atoms with E-state index in [2.05, 4.69) is 10.2 Å². The van der Waals surface area contributed by atoms with Gasteiger partial charge in [0.25, 0.3) is 0 Å². The lowest BCUT2D eigenvalue weighted by atomic mass is 10.1. The van der Waals surface area contributed by atoms with E-state index < -0.39 is 9.84 Å². The first-order valence-electron chi connectivity index (χ1n) is 6.31. The maximum absolute atomic E-state index is 11.6. The van der Waals surface area contributed by atoms with Crippen molar-refractivity contribution in [2.24, 2.45) is 0 Å². The highest BCUT2D eigenvalue weighted by Gasteiger charge is 2.17. The summed E-state index contributed by atoms with van der Waals surface area (Å²) in [5, 5.41) is 2.48.